The van der Waals surface area contributed by atoms with Crippen LogP contribution in [0.15, 0.2) is 6.33 Å². The number of hydrogen-bond acceptors (Lipinski definition) is 5. The van der Waals surface area contributed by atoms with Crippen molar-refractivity contribution in [1.29, 1.82) is 0 Å². The van der Waals surface area contributed by atoms with E-state index in [-0.39, 0.29) is 5.92 Å². The second kappa shape index (κ2) is 5.74. The number of amides is 1. The second-order valence-electron chi connectivity index (χ2n) is 6.62. The summed E-state index contributed by atoms with van der Waals surface area (Å²) in [6.45, 7) is 7.85. The number of nitrogens with zero attached hydrogens (tertiary/aromatic N) is 4. The molecule has 6 heteroatoms. The summed E-state index contributed by atoms with van der Waals surface area (Å²) in [5, 5.41) is 1.17. The first-order chi connectivity index (χ1) is 11.1. The first-order valence-electron chi connectivity index (χ1n) is 8.39. The molecule has 0 radical (unpaired) electrons. The Hall–Kier alpha value is -1.69. The number of carbonyl (C=O) groups is 1. The molecule has 1 atom stereocenters. The average Bonchev–Trinajstić information content (AvgIpc) is 3.28. The molecule has 5 nitrogen and oxygen atoms in total. The smallest absolute Gasteiger partial charge is 0.227 e. The van der Waals surface area contributed by atoms with E-state index in [9.17, 15) is 4.79 Å². The maximum atomic E-state index is 12.6. The lowest BCUT2D eigenvalue weighted by Crippen LogP contribution is -2.35. The summed E-state index contributed by atoms with van der Waals surface area (Å²) >= 11 is 1.73. The van der Waals surface area contributed by atoms with Gasteiger partial charge in [0.25, 0.3) is 0 Å². The van der Waals surface area contributed by atoms with E-state index in [0.717, 1.165) is 56.1 Å². The van der Waals surface area contributed by atoms with Crippen molar-refractivity contribution < 1.29 is 4.79 Å². The molecule has 0 N–H and O–H groups in total. The molecule has 0 aliphatic carbocycles. The highest BCUT2D eigenvalue weighted by molar-refractivity contribution is 7.18. The molecule has 0 bridgehead atoms. The molecule has 0 spiro atoms. The van der Waals surface area contributed by atoms with Gasteiger partial charge < -0.3 is 9.80 Å². The Kier molecular flexibility index (Phi) is 3.71. The Morgan fingerprint density at radius 2 is 2.00 bits per heavy atom. The highest BCUT2D eigenvalue weighted by Crippen LogP contribution is 2.36. The molecule has 4 heterocycles. The zero-order valence-corrected chi connectivity index (χ0v) is 14.5. The van der Waals surface area contributed by atoms with Gasteiger partial charge in [0.2, 0.25) is 5.91 Å². The van der Waals surface area contributed by atoms with Crippen molar-refractivity contribution in [2.75, 3.05) is 31.1 Å². The van der Waals surface area contributed by atoms with Crippen LogP contribution in [0, 0.1) is 19.8 Å². The minimum atomic E-state index is 0.123. The molecule has 23 heavy (non-hydrogen) atoms. The topological polar surface area (TPSA) is 49.3 Å². The number of carbonyl (C=O) groups excluding carboxylic acids is 1. The molecule has 0 aromatic carbocycles. The van der Waals surface area contributed by atoms with E-state index >= 15 is 0 Å². The third-order valence-electron chi connectivity index (χ3n) is 5.20. The lowest BCUT2D eigenvalue weighted by molar-refractivity contribution is -0.133. The van der Waals surface area contributed by atoms with Gasteiger partial charge >= 0.3 is 0 Å². The summed E-state index contributed by atoms with van der Waals surface area (Å²) in [4.78, 5) is 28.3. The van der Waals surface area contributed by atoms with E-state index in [1.165, 1.54) is 15.8 Å². The van der Waals surface area contributed by atoms with Crippen molar-refractivity contribution >= 4 is 33.3 Å². The third kappa shape index (κ3) is 2.49. The monoisotopic (exact) mass is 330 g/mol. The second-order valence-corrected chi connectivity index (χ2v) is 7.83. The molecular formula is C17H22N4OS. The number of fused-ring (bicyclic) bond motifs is 1. The van der Waals surface area contributed by atoms with Crippen molar-refractivity contribution in [3.8, 4) is 0 Å². The molecule has 2 aromatic heterocycles. The van der Waals surface area contributed by atoms with Crippen LogP contribution in [-0.2, 0) is 4.79 Å². The van der Waals surface area contributed by atoms with Crippen molar-refractivity contribution in [3.63, 3.8) is 0 Å². The fraction of sp³-hybridized carbons (Fsp3) is 0.588. The van der Waals surface area contributed by atoms with E-state index in [1.54, 1.807) is 17.7 Å². The van der Waals surface area contributed by atoms with Crippen LogP contribution in [0.4, 0.5) is 5.82 Å². The van der Waals surface area contributed by atoms with Crippen LogP contribution in [0.1, 0.15) is 29.7 Å². The first kappa shape index (κ1) is 14.9. The van der Waals surface area contributed by atoms with Gasteiger partial charge in [0.15, 0.2) is 0 Å². The summed E-state index contributed by atoms with van der Waals surface area (Å²) in [5.41, 5.74) is 1.27. The largest absolute Gasteiger partial charge is 0.355 e. The summed E-state index contributed by atoms with van der Waals surface area (Å²) in [7, 11) is 0. The minimum Gasteiger partial charge on any atom is -0.355 e. The standard InChI is InChI=1S/C17H22N4OS/c1-11-12(2)23-16-14(11)15(18-10-19-16)21-8-5-13(9-21)17(22)20-6-3-4-7-20/h10,13H,3-9H2,1-2H3. The first-order valence-corrected chi connectivity index (χ1v) is 9.21. The van der Waals surface area contributed by atoms with Crippen LogP contribution < -0.4 is 4.90 Å². The van der Waals surface area contributed by atoms with Crippen molar-refractivity contribution in [2.24, 2.45) is 5.92 Å². The highest BCUT2D eigenvalue weighted by atomic mass is 32.1. The lowest BCUT2D eigenvalue weighted by atomic mass is 10.1. The van der Waals surface area contributed by atoms with Crippen LogP contribution in [0.3, 0.4) is 0 Å². The zero-order valence-electron chi connectivity index (χ0n) is 13.7. The maximum Gasteiger partial charge on any atom is 0.227 e. The SMILES string of the molecule is Cc1sc2ncnc(N3CCC(C(=O)N4CCCC4)C3)c2c1C. The molecule has 0 saturated carbocycles. The van der Waals surface area contributed by atoms with Gasteiger partial charge in [-0.25, -0.2) is 9.97 Å². The van der Waals surface area contributed by atoms with Gasteiger partial charge in [0.1, 0.15) is 17.0 Å². The molecule has 2 fully saturated rings. The Bertz CT molecular complexity index is 750. The van der Waals surface area contributed by atoms with Gasteiger partial charge in [-0.15, -0.1) is 11.3 Å². The molecule has 2 aliphatic heterocycles. The summed E-state index contributed by atoms with van der Waals surface area (Å²) in [6, 6.07) is 0. The van der Waals surface area contributed by atoms with Gasteiger partial charge in [-0.2, -0.15) is 0 Å². The molecule has 1 amide bonds. The van der Waals surface area contributed by atoms with E-state index in [4.69, 9.17) is 0 Å². The molecule has 2 aromatic rings. The predicted octanol–water partition coefficient (Wildman–Crippen LogP) is 2.76. The molecule has 4 rings (SSSR count). The van der Waals surface area contributed by atoms with Crippen LogP contribution in [-0.4, -0.2) is 47.0 Å². The fourth-order valence-corrected chi connectivity index (χ4v) is 4.74. The van der Waals surface area contributed by atoms with E-state index in [2.05, 4.69) is 28.7 Å². The predicted molar refractivity (Wildman–Crippen MR) is 93.0 cm³/mol. The van der Waals surface area contributed by atoms with Crippen LogP contribution in [0.2, 0.25) is 0 Å². The number of hydrogen-bond donors (Lipinski definition) is 0. The number of rotatable bonds is 2. The van der Waals surface area contributed by atoms with Crippen molar-refractivity contribution in [2.45, 2.75) is 33.1 Å². The zero-order chi connectivity index (χ0) is 16.0. The van der Waals surface area contributed by atoms with Gasteiger partial charge in [-0.3, -0.25) is 4.79 Å². The third-order valence-corrected chi connectivity index (χ3v) is 6.32. The highest BCUT2D eigenvalue weighted by Gasteiger charge is 2.33. The normalized spacial score (nSPS) is 21.6. The number of aromatic nitrogens is 2. The number of thiophene rings is 1. The fourth-order valence-electron chi connectivity index (χ4n) is 3.75. The van der Waals surface area contributed by atoms with E-state index in [1.807, 2.05) is 4.90 Å². The quantitative estimate of drug-likeness (QED) is 0.849. The molecule has 122 valence electrons. The Balaban J connectivity index is 1.59. The number of aryl methyl sites for hydroxylation is 2. The molecule has 2 aliphatic rings. The Labute approximate surface area is 140 Å². The Morgan fingerprint density at radius 1 is 1.22 bits per heavy atom. The van der Waals surface area contributed by atoms with Gasteiger partial charge in [0.05, 0.1) is 11.3 Å². The molecule has 1 unspecified atom stereocenters. The average molecular weight is 330 g/mol. The minimum absolute atomic E-state index is 0.123. The summed E-state index contributed by atoms with van der Waals surface area (Å²) in [6.07, 6.45) is 4.90. The summed E-state index contributed by atoms with van der Waals surface area (Å²) < 4.78 is 0. The van der Waals surface area contributed by atoms with E-state index in [0.29, 0.717) is 5.91 Å². The van der Waals surface area contributed by atoms with Crippen LogP contribution >= 0.6 is 11.3 Å². The Morgan fingerprint density at radius 3 is 2.78 bits per heavy atom. The van der Waals surface area contributed by atoms with E-state index < -0.39 is 0 Å². The number of likely N-dealkylation sites (tertiary alicyclic amines) is 1. The van der Waals surface area contributed by atoms with Crippen molar-refractivity contribution in [1.82, 2.24) is 14.9 Å². The summed E-state index contributed by atoms with van der Waals surface area (Å²) in [5.74, 6) is 1.47. The van der Waals surface area contributed by atoms with Crippen molar-refractivity contribution in [3.05, 3.63) is 16.8 Å². The molecular weight excluding hydrogens is 308 g/mol. The maximum absolute atomic E-state index is 12.6. The van der Waals surface area contributed by atoms with Crippen LogP contribution in [0.5, 0.6) is 0 Å². The lowest BCUT2D eigenvalue weighted by Gasteiger charge is -2.21. The van der Waals surface area contributed by atoms with Crippen LogP contribution in [0.25, 0.3) is 10.2 Å². The number of anilines is 1. The van der Waals surface area contributed by atoms with Gasteiger partial charge in [-0.1, -0.05) is 0 Å². The van der Waals surface area contributed by atoms with Gasteiger partial charge in [-0.05, 0) is 38.7 Å². The van der Waals surface area contributed by atoms with Gasteiger partial charge in [0, 0.05) is 31.1 Å². The molecule has 2 saturated heterocycles.